The molecule has 0 fully saturated rings. The van der Waals surface area contributed by atoms with E-state index in [1.807, 2.05) is 12.1 Å². The van der Waals surface area contributed by atoms with Gasteiger partial charge in [-0.25, -0.2) is 0 Å². The van der Waals surface area contributed by atoms with Gasteiger partial charge in [-0.2, -0.15) is 0 Å². The smallest absolute Gasteiger partial charge is 0.268 e. The summed E-state index contributed by atoms with van der Waals surface area (Å²) in [6.45, 7) is 9.69. The van der Waals surface area contributed by atoms with Crippen molar-refractivity contribution in [2.45, 2.75) is 46.6 Å². The fraction of sp³-hybridized carbons (Fsp3) is 0.400. The van der Waals surface area contributed by atoms with E-state index in [4.69, 9.17) is 5.73 Å². The molecule has 0 aliphatic carbocycles. The second-order valence-corrected chi connectivity index (χ2v) is 6.82. The number of hydrogen-bond acceptors (Lipinski definition) is 3. The van der Waals surface area contributed by atoms with Crippen LogP contribution in [0.1, 0.15) is 76.0 Å². The molecular formula is C20H28ClN3O2. The number of carbonyl (C=O) groups is 2. The summed E-state index contributed by atoms with van der Waals surface area (Å²) in [6.07, 6.45) is 0. The first-order valence-electron chi connectivity index (χ1n) is 8.56. The van der Waals surface area contributed by atoms with E-state index in [-0.39, 0.29) is 30.1 Å². The normalized spacial score (nSPS) is 11.8. The maximum Gasteiger partial charge on any atom is 0.268 e. The summed E-state index contributed by atoms with van der Waals surface area (Å²) < 4.78 is 0. The van der Waals surface area contributed by atoms with Crippen molar-refractivity contribution >= 4 is 24.1 Å². The Balaban J connectivity index is 0.00000338. The zero-order chi connectivity index (χ0) is 18.7. The van der Waals surface area contributed by atoms with Crippen LogP contribution in [0.2, 0.25) is 0 Å². The highest BCUT2D eigenvalue weighted by molar-refractivity contribution is 6.02. The van der Waals surface area contributed by atoms with Crippen molar-refractivity contribution in [3.8, 4) is 0 Å². The first kappa shape index (κ1) is 21.9. The van der Waals surface area contributed by atoms with Gasteiger partial charge >= 0.3 is 0 Å². The van der Waals surface area contributed by atoms with Gasteiger partial charge in [-0.3, -0.25) is 9.59 Å². The van der Waals surface area contributed by atoms with Crippen LogP contribution in [-0.2, 0) is 0 Å². The van der Waals surface area contributed by atoms with Crippen molar-refractivity contribution in [1.29, 1.82) is 0 Å². The molecule has 2 rings (SSSR count). The minimum Gasteiger partial charge on any atom is -0.354 e. The molecule has 142 valence electrons. The first-order valence-corrected chi connectivity index (χ1v) is 8.56. The van der Waals surface area contributed by atoms with Gasteiger partial charge in [-0.05, 0) is 43.4 Å². The number of rotatable bonds is 6. The summed E-state index contributed by atoms with van der Waals surface area (Å²) in [6, 6.07) is 7.86. The SMILES string of the molecule is CC(=O)c1c(C)[nH]c(C(=O)NCC(N)c2ccc(C(C)C)cc2)c1C.Cl. The quantitative estimate of drug-likeness (QED) is 0.669. The maximum absolute atomic E-state index is 12.4. The molecule has 0 aliphatic rings. The Morgan fingerprint density at radius 1 is 1.12 bits per heavy atom. The molecule has 0 saturated heterocycles. The van der Waals surface area contributed by atoms with Crippen molar-refractivity contribution in [2.24, 2.45) is 5.73 Å². The lowest BCUT2D eigenvalue weighted by atomic mass is 9.99. The summed E-state index contributed by atoms with van der Waals surface area (Å²) in [4.78, 5) is 27.1. The predicted octanol–water partition coefficient (Wildman–Crippen LogP) is 3.81. The molecule has 0 radical (unpaired) electrons. The van der Waals surface area contributed by atoms with Gasteiger partial charge in [0.15, 0.2) is 5.78 Å². The molecule has 1 atom stereocenters. The van der Waals surface area contributed by atoms with Gasteiger partial charge in [0.25, 0.3) is 5.91 Å². The van der Waals surface area contributed by atoms with Gasteiger partial charge in [0.05, 0.1) is 0 Å². The lowest BCUT2D eigenvalue weighted by molar-refractivity contribution is 0.0946. The number of nitrogens with two attached hydrogens (primary N) is 1. The van der Waals surface area contributed by atoms with Crippen LogP contribution in [0, 0.1) is 13.8 Å². The van der Waals surface area contributed by atoms with Crippen molar-refractivity contribution in [1.82, 2.24) is 10.3 Å². The Labute approximate surface area is 161 Å². The van der Waals surface area contributed by atoms with Crippen LogP contribution in [0.25, 0.3) is 0 Å². The Bertz CT molecular complexity index is 779. The van der Waals surface area contributed by atoms with Crippen molar-refractivity contribution in [2.75, 3.05) is 6.54 Å². The molecule has 4 N–H and O–H groups in total. The van der Waals surface area contributed by atoms with Crippen LogP contribution in [0.4, 0.5) is 0 Å². The van der Waals surface area contributed by atoms with Crippen molar-refractivity contribution < 1.29 is 9.59 Å². The second-order valence-electron chi connectivity index (χ2n) is 6.82. The summed E-state index contributed by atoms with van der Waals surface area (Å²) in [7, 11) is 0. The van der Waals surface area contributed by atoms with Crippen LogP contribution in [0.3, 0.4) is 0 Å². The number of ketones is 1. The van der Waals surface area contributed by atoms with Crippen molar-refractivity contribution in [3.05, 3.63) is 57.9 Å². The van der Waals surface area contributed by atoms with Gasteiger partial charge < -0.3 is 16.0 Å². The highest BCUT2D eigenvalue weighted by Crippen LogP contribution is 2.19. The Kier molecular flexibility index (Phi) is 7.60. The van der Waals surface area contributed by atoms with E-state index in [1.165, 1.54) is 12.5 Å². The summed E-state index contributed by atoms with van der Waals surface area (Å²) >= 11 is 0. The number of H-pyrrole nitrogens is 1. The van der Waals surface area contributed by atoms with Crippen LogP contribution in [-0.4, -0.2) is 23.2 Å². The molecule has 2 aromatic rings. The molecule has 1 aromatic carbocycles. The van der Waals surface area contributed by atoms with E-state index in [0.29, 0.717) is 35.0 Å². The molecule has 26 heavy (non-hydrogen) atoms. The zero-order valence-electron chi connectivity index (χ0n) is 16.0. The van der Waals surface area contributed by atoms with Crippen LogP contribution < -0.4 is 11.1 Å². The zero-order valence-corrected chi connectivity index (χ0v) is 16.8. The standard InChI is InChI=1S/C20H27N3O2.ClH/c1-11(2)15-6-8-16(9-7-15)17(21)10-22-20(25)19-12(3)18(14(5)24)13(4)23-19;/h6-9,11,17,23H,10,21H2,1-5H3,(H,22,25);1H. The summed E-state index contributed by atoms with van der Waals surface area (Å²) in [5, 5.41) is 2.85. The van der Waals surface area contributed by atoms with E-state index in [0.717, 1.165) is 5.56 Å². The number of halogens is 1. The summed E-state index contributed by atoms with van der Waals surface area (Å²) in [5.74, 6) is 0.175. The van der Waals surface area contributed by atoms with Gasteiger partial charge in [-0.15, -0.1) is 12.4 Å². The number of amides is 1. The van der Waals surface area contributed by atoms with E-state index in [2.05, 4.69) is 36.3 Å². The van der Waals surface area contributed by atoms with Gasteiger partial charge in [0.2, 0.25) is 0 Å². The van der Waals surface area contributed by atoms with E-state index < -0.39 is 0 Å². The average molecular weight is 378 g/mol. The lowest BCUT2D eigenvalue weighted by Gasteiger charge is -2.14. The van der Waals surface area contributed by atoms with Crippen molar-refractivity contribution in [3.63, 3.8) is 0 Å². The fourth-order valence-electron chi connectivity index (χ4n) is 3.04. The number of benzene rings is 1. The van der Waals surface area contributed by atoms with E-state index >= 15 is 0 Å². The van der Waals surface area contributed by atoms with Crippen LogP contribution >= 0.6 is 12.4 Å². The third-order valence-corrected chi connectivity index (χ3v) is 4.53. The van der Waals surface area contributed by atoms with E-state index in [1.54, 1.807) is 13.8 Å². The number of hydrogen-bond donors (Lipinski definition) is 3. The number of aromatic nitrogens is 1. The minimum absolute atomic E-state index is 0. The molecule has 1 amide bonds. The van der Waals surface area contributed by atoms with Gasteiger partial charge in [-0.1, -0.05) is 38.1 Å². The molecule has 0 bridgehead atoms. The highest BCUT2D eigenvalue weighted by Gasteiger charge is 2.20. The number of aromatic amines is 1. The largest absolute Gasteiger partial charge is 0.354 e. The fourth-order valence-corrected chi connectivity index (χ4v) is 3.04. The third kappa shape index (κ3) is 4.74. The summed E-state index contributed by atoms with van der Waals surface area (Å²) in [5.41, 5.74) is 10.8. The number of aryl methyl sites for hydroxylation is 1. The van der Waals surface area contributed by atoms with Crippen LogP contribution in [0.5, 0.6) is 0 Å². The second kappa shape index (κ2) is 9.01. The topological polar surface area (TPSA) is 88.0 Å². The monoisotopic (exact) mass is 377 g/mol. The number of nitrogens with one attached hydrogen (secondary N) is 2. The molecule has 0 aliphatic heterocycles. The molecule has 6 heteroatoms. The van der Waals surface area contributed by atoms with Gasteiger partial charge in [0, 0.05) is 23.8 Å². The maximum atomic E-state index is 12.4. The van der Waals surface area contributed by atoms with Crippen LogP contribution in [0.15, 0.2) is 24.3 Å². The number of Topliss-reactive ketones (excluding diaryl/α,β-unsaturated/α-hetero) is 1. The highest BCUT2D eigenvalue weighted by atomic mass is 35.5. The molecule has 1 aromatic heterocycles. The average Bonchev–Trinajstić information content (AvgIpc) is 2.87. The molecule has 1 unspecified atom stereocenters. The minimum atomic E-state index is -0.284. The number of carbonyl (C=O) groups excluding carboxylic acids is 2. The molecule has 0 saturated carbocycles. The molecule has 5 nitrogen and oxygen atoms in total. The molecule has 0 spiro atoms. The van der Waals surface area contributed by atoms with E-state index in [9.17, 15) is 9.59 Å². The lowest BCUT2D eigenvalue weighted by Crippen LogP contribution is -2.32. The predicted molar refractivity (Wildman–Crippen MR) is 107 cm³/mol. The Morgan fingerprint density at radius 3 is 2.12 bits per heavy atom. The first-order chi connectivity index (χ1) is 11.7. The Hall–Kier alpha value is -2.11. The molecule has 1 heterocycles. The molecular weight excluding hydrogens is 350 g/mol. The van der Waals surface area contributed by atoms with Gasteiger partial charge in [0.1, 0.15) is 5.69 Å². The Morgan fingerprint density at radius 2 is 1.65 bits per heavy atom. The third-order valence-electron chi connectivity index (χ3n) is 4.53.